The van der Waals surface area contributed by atoms with Crippen LogP contribution in [0.1, 0.15) is 22.8 Å². The van der Waals surface area contributed by atoms with Crippen molar-refractivity contribution in [1.29, 1.82) is 0 Å². The van der Waals surface area contributed by atoms with Crippen molar-refractivity contribution >= 4 is 5.78 Å². The van der Waals surface area contributed by atoms with Gasteiger partial charge in [0.1, 0.15) is 5.82 Å². The van der Waals surface area contributed by atoms with Crippen LogP contribution < -0.4 is 0 Å². The van der Waals surface area contributed by atoms with E-state index in [1.54, 1.807) is 12.1 Å². The summed E-state index contributed by atoms with van der Waals surface area (Å²) in [5.41, 5.74) is 0.965. The Bertz CT molecular complexity index is 607. The SMILES string of the molecule is CN(C)C(C)(Cc1ccccc1)C(=O)c1ccc(F)cc1. The van der Waals surface area contributed by atoms with Gasteiger partial charge in [-0.25, -0.2) is 4.39 Å². The number of Topliss-reactive ketones (excluding diaryl/α,β-unsaturated/α-hetero) is 1. The highest BCUT2D eigenvalue weighted by molar-refractivity contribution is 6.03. The number of carbonyl (C=O) groups excluding carboxylic acids is 1. The van der Waals surface area contributed by atoms with E-state index in [9.17, 15) is 9.18 Å². The number of ketones is 1. The van der Waals surface area contributed by atoms with E-state index < -0.39 is 5.54 Å². The number of benzene rings is 2. The van der Waals surface area contributed by atoms with Gasteiger partial charge in [0.15, 0.2) is 5.78 Å². The monoisotopic (exact) mass is 285 g/mol. The summed E-state index contributed by atoms with van der Waals surface area (Å²) in [6.45, 7) is 1.92. The first kappa shape index (κ1) is 15.4. The van der Waals surface area contributed by atoms with Gasteiger partial charge < -0.3 is 0 Å². The van der Waals surface area contributed by atoms with Gasteiger partial charge in [-0.05, 0) is 57.3 Å². The van der Waals surface area contributed by atoms with Gasteiger partial charge in [-0.15, -0.1) is 0 Å². The van der Waals surface area contributed by atoms with Gasteiger partial charge in [-0.3, -0.25) is 9.69 Å². The number of carbonyl (C=O) groups is 1. The molecule has 0 fully saturated rings. The minimum atomic E-state index is -0.667. The normalized spacial score (nSPS) is 14.0. The highest BCUT2D eigenvalue weighted by Crippen LogP contribution is 2.24. The number of rotatable bonds is 5. The molecule has 0 radical (unpaired) electrons. The largest absolute Gasteiger partial charge is 0.297 e. The predicted molar refractivity (Wildman–Crippen MR) is 83.0 cm³/mol. The maximum absolute atomic E-state index is 13.0. The summed E-state index contributed by atoms with van der Waals surface area (Å²) < 4.78 is 13.0. The average molecular weight is 285 g/mol. The molecule has 1 atom stereocenters. The summed E-state index contributed by atoms with van der Waals surface area (Å²) in [5.74, 6) is -0.336. The van der Waals surface area contributed by atoms with Crippen molar-refractivity contribution in [3.8, 4) is 0 Å². The molecule has 0 aliphatic rings. The first-order chi connectivity index (χ1) is 9.93. The molecule has 0 spiro atoms. The first-order valence-corrected chi connectivity index (χ1v) is 6.95. The molecule has 110 valence electrons. The smallest absolute Gasteiger partial charge is 0.183 e. The second kappa shape index (κ2) is 6.19. The van der Waals surface area contributed by atoms with E-state index in [2.05, 4.69) is 0 Å². The van der Waals surface area contributed by atoms with Crippen molar-refractivity contribution in [2.75, 3.05) is 14.1 Å². The molecule has 0 saturated heterocycles. The van der Waals surface area contributed by atoms with Crippen LogP contribution in [0, 0.1) is 5.82 Å². The van der Waals surface area contributed by atoms with Crippen molar-refractivity contribution in [3.63, 3.8) is 0 Å². The predicted octanol–water partition coefficient (Wildman–Crippen LogP) is 3.57. The summed E-state index contributed by atoms with van der Waals surface area (Å²) >= 11 is 0. The zero-order chi connectivity index (χ0) is 15.5. The molecule has 2 rings (SSSR count). The molecule has 0 aromatic heterocycles. The second-order valence-corrected chi connectivity index (χ2v) is 5.67. The molecule has 0 bridgehead atoms. The van der Waals surface area contributed by atoms with Gasteiger partial charge in [-0.1, -0.05) is 30.3 Å². The summed E-state index contributed by atoms with van der Waals surface area (Å²) in [5, 5.41) is 0. The third-order valence-electron chi connectivity index (χ3n) is 3.97. The molecule has 1 unspecified atom stereocenters. The fourth-order valence-electron chi connectivity index (χ4n) is 2.35. The van der Waals surface area contributed by atoms with Gasteiger partial charge in [0, 0.05) is 5.56 Å². The molecule has 21 heavy (non-hydrogen) atoms. The Morgan fingerprint density at radius 3 is 2.14 bits per heavy atom. The van der Waals surface area contributed by atoms with Crippen LogP contribution in [0.3, 0.4) is 0 Å². The van der Waals surface area contributed by atoms with Crippen molar-refractivity contribution in [1.82, 2.24) is 4.90 Å². The summed E-state index contributed by atoms with van der Waals surface area (Å²) in [6.07, 6.45) is 0.608. The lowest BCUT2D eigenvalue weighted by Crippen LogP contribution is -2.50. The quantitative estimate of drug-likeness (QED) is 0.783. The fourth-order valence-corrected chi connectivity index (χ4v) is 2.35. The Morgan fingerprint density at radius 2 is 1.62 bits per heavy atom. The molecular formula is C18H20FNO. The van der Waals surface area contributed by atoms with E-state index in [1.165, 1.54) is 12.1 Å². The van der Waals surface area contributed by atoms with Crippen molar-refractivity contribution in [2.24, 2.45) is 0 Å². The molecule has 2 aromatic rings. The van der Waals surface area contributed by atoms with Gasteiger partial charge in [0.2, 0.25) is 0 Å². The number of hydrogen-bond acceptors (Lipinski definition) is 2. The molecule has 0 aliphatic carbocycles. The van der Waals surface area contributed by atoms with Crippen LogP contribution in [0.2, 0.25) is 0 Å². The molecular weight excluding hydrogens is 265 g/mol. The van der Waals surface area contributed by atoms with Gasteiger partial charge in [0.25, 0.3) is 0 Å². The third kappa shape index (κ3) is 3.37. The van der Waals surface area contributed by atoms with Gasteiger partial charge in [-0.2, -0.15) is 0 Å². The van der Waals surface area contributed by atoms with E-state index in [4.69, 9.17) is 0 Å². The number of likely N-dealkylation sites (N-methyl/N-ethyl adjacent to an activating group) is 1. The summed E-state index contributed by atoms with van der Waals surface area (Å²) in [7, 11) is 3.79. The maximum Gasteiger partial charge on any atom is 0.183 e. The molecule has 3 heteroatoms. The van der Waals surface area contributed by atoms with E-state index in [0.29, 0.717) is 12.0 Å². The zero-order valence-electron chi connectivity index (χ0n) is 12.6. The lowest BCUT2D eigenvalue weighted by atomic mass is 9.84. The standard InChI is InChI=1S/C18H20FNO/c1-18(20(2)3,13-14-7-5-4-6-8-14)17(21)15-9-11-16(19)12-10-15/h4-12H,13H2,1-3H3. The van der Waals surface area contributed by atoms with E-state index in [1.807, 2.05) is 56.3 Å². The lowest BCUT2D eigenvalue weighted by molar-refractivity contribution is 0.0719. The topological polar surface area (TPSA) is 20.3 Å². The number of halogens is 1. The van der Waals surface area contributed by atoms with Crippen LogP contribution in [0.25, 0.3) is 0 Å². The summed E-state index contributed by atoms with van der Waals surface area (Å²) in [4.78, 5) is 14.8. The minimum absolute atomic E-state index is 0.00338. The highest BCUT2D eigenvalue weighted by Gasteiger charge is 2.36. The Hall–Kier alpha value is -2.00. The Morgan fingerprint density at radius 1 is 1.05 bits per heavy atom. The van der Waals surface area contributed by atoms with Crippen LogP contribution in [0.15, 0.2) is 54.6 Å². The molecule has 0 aliphatic heterocycles. The Kier molecular flexibility index (Phi) is 4.53. The molecule has 0 N–H and O–H groups in total. The number of hydrogen-bond donors (Lipinski definition) is 0. The van der Waals surface area contributed by atoms with Gasteiger partial charge >= 0.3 is 0 Å². The van der Waals surface area contributed by atoms with Crippen molar-refractivity contribution in [2.45, 2.75) is 18.9 Å². The van der Waals surface area contributed by atoms with Crippen LogP contribution in [-0.4, -0.2) is 30.3 Å². The minimum Gasteiger partial charge on any atom is -0.297 e. The van der Waals surface area contributed by atoms with Crippen LogP contribution in [-0.2, 0) is 6.42 Å². The van der Waals surface area contributed by atoms with E-state index in [0.717, 1.165) is 5.56 Å². The van der Waals surface area contributed by atoms with E-state index in [-0.39, 0.29) is 11.6 Å². The second-order valence-electron chi connectivity index (χ2n) is 5.67. The molecule has 0 saturated carbocycles. The molecule has 2 aromatic carbocycles. The fraction of sp³-hybridized carbons (Fsp3) is 0.278. The van der Waals surface area contributed by atoms with Crippen molar-refractivity contribution < 1.29 is 9.18 Å². The summed E-state index contributed by atoms with van der Waals surface area (Å²) in [6, 6.07) is 15.7. The zero-order valence-corrected chi connectivity index (χ0v) is 12.6. The van der Waals surface area contributed by atoms with Crippen LogP contribution in [0.5, 0.6) is 0 Å². The average Bonchev–Trinajstić information content (AvgIpc) is 2.48. The molecule has 0 heterocycles. The lowest BCUT2D eigenvalue weighted by Gasteiger charge is -2.35. The maximum atomic E-state index is 13.0. The van der Waals surface area contributed by atoms with Crippen LogP contribution >= 0.6 is 0 Å². The van der Waals surface area contributed by atoms with Crippen LogP contribution in [0.4, 0.5) is 4.39 Å². The Labute approximate surface area is 125 Å². The van der Waals surface area contributed by atoms with E-state index >= 15 is 0 Å². The van der Waals surface area contributed by atoms with Crippen molar-refractivity contribution in [3.05, 3.63) is 71.5 Å². The molecule has 2 nitrogen and oxygen atoms in total. The highest BCUT2D eigenvalue weighted by atomic mass is 19.1. The Balaban J connectivity index is 2.33. The first-order valence-electron chi connectivity index (χ1n) is 6.95. The third-order valence-corrected chi connectivity index (χ3v) is 3.97. The number of nitrogens with zero attached hydrogens (tertiary/aromatic N) is 1. The molecule has 0 amide bonds. The van der Waals surface area contributed by atoms with Gasteiger partial charge in [0.05, 0.1) is 5.54 Å².